The largest absolute Gasteiger partial charge is 0.494 e. The molecular weight excluding hydrogens is 258 g/mol. The lowest BCUT2D eigenvalue weighted by Gasteiger charge is -2.35. The first kappa shape index (κ1) is 15.9. The zero-order chi connectivity index (χ0) is 15.1. The third kappa shape index (κ3) is 3.79. The van der Waals surface area contributed by atoms with Crippen molar-refractivity contribution in [3.8, 4) is 11.8 Å². The van der Waals surface area contributed by atoms with E-state index in [-0.39, 0.29) is 5.41 Å². The normalized spacial score (nSPS) is 25.3. The fourth-order valence-corrected chi connectivity index (χ4v) is 3.42. The van der Waals surface area contributed by atoms with E-state index in [9.17, 15) is 5.26 Å². The Morgan fingerprint density at radius 2 is 1.81 bits per heavy atom. The second-order valence-electron chi connectivity index (χ2n) is 6.30. The van der Waals surface area contributed by atoms with Crippen LogP contribution in [0.1, 0.15) is 64.4 Å². The van der Waals surface area contributed by atoms with Crippen molar-refractivity contribution in [2.45, 2.75) is 64.2 Å². The molecule has 0 aromatic heterocycles. The van der Waals surface area contributed by atoms with E-state index in [4.69, 9.17) is 4.74 Å². The highest BCUT2D eigenvalue weighted by molar-refractivity contribution is 5.37. The van der Waals surface area contributed by atoms with Crippen molar-refractivity contribution in [1.29, 1.82) is 5.26 Å². The molecule has 0 atom stereocenters. The van der Waals surface area contributed by atoms with Gasteiger partial charge < -0.3 is 4.74 Å². The fraction of sp³-hybridized carbons (Fsp3) is 0.632. The molecule has 0 amide bonds. The van der Waals surface area contributed by atoms with E-state index in [0.717, 1.165) is 37.5 Å². The first-order valence-corrected chi connectivity index (χ1v) is 8.38. The van der Waals surface area contributed by atoms with Gasteiger partial charge in [-0.05, 0) is 55.7 Å². The maximum Gasteiger partial charge on any atom is 0.119 e. The van der Waals surface area contributed by atoms with Gasteiger partial charge in [0.05, 0.1) is 18.1 Å². The Morgan fingerprint density at radius 3 is 2.33 bits per heavy atom. The van der Waals surface area contributed by atoms with Crippen molar-refractivity contribution < 1.29 is 4.74 Å². The maximum atomic E-state index is 9.74. The molecule has 0 bridgehead atoms. The molecule has 114 valence electrons. The van der Waals surface area contributed by atoms with Crippen molar-refractivity contribution in [2.24, 2.45) is 5.92 Å². The van der Waals surface area contributed by atoms with E-state index in [0.29, 0.717) is 0 Å². The standard InChI is InChI=1S/C19H27NO/c1-3-5-16-10-12-19(15-20,13-11-16)17-6-8-18(9-7-17)21-14-4-2/h6-9,16H,3-5,10-14H2,1-2H3. The van der Waals surface area contributed by atoms with Gasteiger partial charge in [-0.25, -0.2) is 0 Å². The van der Waals surface area contributed by atoms with Crippen molar-refractivity contribution in [1.82, 2.24) is 0 Å². The summed E-state index contributed by atoms with van der Waals surface area (Å²) in [6, 6.07) is 10.8. The van der Waals surface area contributed by atoms with Crippen LogP contribution in [0.3, 0.4) is 0 Å². The summed E-state index contributed by atoms with van der Waals surface area (Å²) in [5.74, 6) is 1.73. The van der Waals surface area contributed by atoms with Gasteiger partial charge in [0, 0.05) is 0 Å². The zero-order valence-electron chi connectivity index (χ0n) is 13.4. The average molecular weight is 285 g/mol. The predicted octanol–water partition coefficient (Wildman–Crippen LogP) is 5.23. The third-order valence-corrected chi connectivity index (χ3v) is 4.75. The molecule has 1 aromatic carbocycles. The Labute approximate surface area is 129 Å². The molecule has 21 heavy (non-hydrogen) atoms. The van der Waals surface area contributed by atoms with Crippen LogP contribution in [0.5, 0.6) is 5.75 Å². The van der Waals surface area contributed by atoms with Crippen LogP contribution in [0.4, 0.5) is 0 Å². The highest BCUT2D eigenvalue weighted by Gasteiger charge is 2.36. The van der Waals surface area contributed by atoms with Gasteiger partial charge in [-0.3, -0.25) is 0 Å². The smallest absolute Gasteiger partial charge is 0.119 e. The number of nitriles is 1. The monoisotopic (exact) mass is 285 g/mol. The molecule has 0 heterocycles. The number of rotatable bonds is 6. The van der Waals surface area contributed by atoms with Gasteiger partial charge >= 0.3 is 0 Å². The van der Waals surface area contributed by atoms with Crippen LogP contribution >= 0.6 is 0 Å². The molecule has 1 aromatic rings. The molecule has 0 unspecified atom stereocenters. The highest BCUT2D eigenvalue weighted by Crippen LogP contribution is 2.42. The summed E-state index contributed by atoms with van der Waals surface area (Å²) in [6.45, 7) is 5.11. The predicted molar refractivity (Wildman–Crippen MR) is 86.4 cm³/mol. The summed E-state index contributed by atoms with van der Waals surface area (Å²) in [4.78, 5) is 0. The van der Waals surface area contributed by atoms with Crippen LogP contribution < -0.4 is 4.74 Å². The third-order valence-electron chi connectivity index (χ3n) is 4.75. The lowest BCUT2D eigenvalue weighted by atomic mass is 9.67. The number of hydrogen-bond donors (Lipinski definition) is 0. The number of ether oxygens (including phenoxy) is 1. The van der Waals surface area contributed by atoms with Crippen molar-refractivity contribution in [3.05, 3.63) is 29.8 Å². The summed E-state index contributed by atoms with van der Waals surface area (Å²) in [5.41, 5.74) is 0.900. The Hall–Kier alpha value is -1.49. The second-order valence-corrected chi connectivity index (χ2v) is 6.30. The van der Waals surface area contributed by atoms with Crippen LogP contribution in [0.25, 0.3) is 0 Å². The minimum atomic E-state index is -0.270. The van der Waals surface area contributed by atoms with Gasteiger partial charge in [0.15, 0.2) is 0 Å². The molecule has 0 N–H and O–H groups in total. The van der Waals surface area contributed by atoms with E-state index in [1.54, 1.807) is 0 Å². The van der Waals surface area contributed by atoms with Gasteiger partial charge in [0.2, 0.25) is 0 Å². The molecule has 1 aliphatic carbocycles. The fourth-order valence-electron chi connectivity index (χ4n) is 3.42. The van der Waals surface area contributed by atoms with E-state index < -0.39 is 0 Å². The van der Waals surface area contributed by atoms with Gasteiger partial charge in [-0.15, -0.1) is 0 Å². The van der Waals surface area contributed by atoms with E-state index >= 15 is 0 Å². The van der Waals surface area contributed by atoms with E-state index in [2.05, 4.69) is 32.0 Å². The topological polar surface area (TPSA) is 33.0 Å². The van der Waals surface area contributed by atoms with Crippen LogP contribution in [0.15, 0.2) is 24.3 Å². The number of benzene rings is 1. The Kier molecular flexibility index (Phi) is 5.67. The molecular formula is C19H27NO. The lowest BCUT2D eigenvalue weighted by Crippen LogP contribution is -2.30. The molecule has 0 spiro atoms. The molecule has 0 radical (unpaired) electrons. The SMILES string of the molecule is CCCOc1ccc(C2(C#N)CCC(CCC)CC2)cc1. The average Bonchev–Trinajstić information content (AvgIpc) is 2.55. The Morgan fingerprint density at radius 1 is 1.14 bits per heavy atom. The number of hydrogen-bond acceptors (Lipinski definition) is 2. The molecule has 1 fully saturated rings. The summed E-state index contributed by atoms with van der Waals surface area (Å²) in [6.07, 6.45) is 7.97. The second kappa shape index (κ2) is 7.50. The lowest BCUT2D eigenvalue weighted by molar-refractivity contribution is 0.265. The van der Waals surface area contributed by atoms with Crippen LogP contribution in [0.2, 0.25) is 0 Å². The van der Waals surface area contributed by atoms with Crippen LogP contribution in [-0.4, -0.2) is 6.61 Å². The van der Waals surface area contributed by atoms with E-state index in [1.165, 1.54) is 31.2 Å². The van der Waals surface area contributed by atoms with Gasteiger partial charge in [0.25, 0.3) is 0 Å². The minimum absolute atomic E-state index is 0.270. The van der Waals surface area contributed by atoms with Crippen molar-refractivity contribution in [2.75, 3.05) is 6.61 Å². The first-order valence-electron chi connectivity index (χ1n) is 8.38. The molecule has 1 aliphatic rings. The Balaban J connectivity index is 2.06. The minimum Gasteiger partial charge on any atom is -0.494 e. The van der Waals surface area contributed by atoms with Crippen LogP contribution in [-0.2, 0) is 5.41 Å². The molecule has 2 rings (SSSR count). The molecule has 2 nitrogen and oxygen atoms in total. The van der Waals surface area contributed by atoms with Crippen molar-refractivity contribution >= 4 is 0 Å². The first-order chi connectivity index (χ1) is 10.2. The summed E-state index contributed by atoms with van der Waals surface area (Å²) in [7, 11) is 0. The summed E-state index contributed by atoms with van der Waals surface area (Å²) >= 11 is 0. The van der Waals surface area contributed by atoms with Gasteiger partial charge in [-0.1, -0.05) is 38.8 Å². The van der Waals surface area contributed by atoms with Crippen LogP contribution in [0, 0.1) is 17.2 Å². The zero-order valence-corrected chi connectivity index (χ0v) is 13.4. The maximum absolute atomic E-state index is 9.74. The quantitative estimate of drug-likeness (QED) is 0.717. The van der Waals surface area contributed by atoms with Gasteiger partial charge in [0.1, 0.15) is 5.75 Å². The highest BCUT2D eigenvalue weighted by atomic mass is 16.5. The number of nitrogens with zero attached hydrogens (tertiary/aromatic N) is 1. The summed E-state index contributed by atoms with van der Waals surface area (Å²) < 4.78 is 5.63. The molecule has 0 aliphatic heterocycles. The summed E-state index contributed by atoms with van der Waals surface area (Å²) in [5, 5.41) is 9.74. The molecule has 2 heteroatoms. The Bertz CT molecular complexity index is 463. The van der Waals surface area contributed by atoms with Crippen molar-refractivity contribution in [3.63, 3.8) is 0 Å². The van der Waals surface area contributed by atoms with E-state index in [1.807, 2.05) is 12.1 Å². The molecule has 1 saturated carbocycles. The molecule has 0 saturated heterocycles. The van der Waals surface area contributed by atoms with Gasteiger partial charge in [-0.2, -0.15) is 5.26 Å².